The smallest absolute Gasteiger partial charge is 0.248 e. The Morgan fingerprint density at radius 2 is 2.00 bits per heavy atom. The number of hydrogen-bond donors (Lipinski definition) is 1. The van der Waals surface area contributed by atoms with Gasteiger partial charge < -0.3 is 5.32 Å². The third kappa shape index (κ3) is 1.64. The number of nitrogens with one attached hydrogen (secondary N) is 1. The molecule has 0 unspecified atom stereocenters. The fourth-order valence-corrected chi connectivity index (χ4v) is 1.59. The van der Waals surface area contributed by atoms with Crippen molar-refractivity contribution in [3.8, 4) is 5.69 Å². The molecule has 1 aromatic heterocycles. The zero-order valence-electron chi connectivity index (χ0n) is 9.09. The van der Waals surface area contributed by atoms with Gasteiger partial charge >= 0.3 is 0 Å². The Kier molecular flexibility index (Phi) is 1.92. The van der Waals surface area contributed by atoms with E-state index >= 15 is 0 Å². The highest BCUT2D eigenvalue weighted by Gasteiger charge is 2.38. The predicted octanol–water partition coefficient (Wildman–Crippen LogP) is 1.63. The average molecular weight is 215 g/mol. The summed E-state index contributed by atoms with van der Waals surface area (Å²) in [6.45, 7) is 2.18. The quantitative estimate of drug-likeness (QED) is 0.845. The van der Waals surface area contributed by atoms with E-state index in [9.17, 15) is 0 Å². The molecule has 16 heavy (non-hydrogen) atoms. The van der Waals surface area contributed by atoms with E-state index in [0.29, 0.717) is 5.95 Å². The Bertz CT molecular complexity index is 486. The SMILES string of the molecule is CC1(Nc2nnnn2-c2ccccc2)CC1. The largest absolute Gasteiger partial charge is 0.348 e. The molecule has 0 aliphatic heterocycles. The number of tetrazole rings is 1. The van der Waals surface area contributed by atoms with Gasteiger partial charge in [0.25, 0.3) is 0 Å². The first kappa shape index (κ1) is 9.33. The summed E-state index contributed by atoms with van der Waals surface area (Å²) in [5, 5.41) is 15.1. The van der Waals surface area contributed by atoms with Crippen molar-refractivity contribution in [1.29, 1.82) is 0 Å². The summed E-state index contributed by atoms with van der Waals surface area (Å²) in [5.74, 6) is 0.714. The van der Waals surface area contributed by atoms with Crippen LogP contribution in [-0.4, -0.2) is 25.7 Å². The summed E-state index contributed by atoms with van der Waals surface area (Å²) in [7, 11) is 0. The third-order valence-corrected chi connectivity index (χ3v) is 2.88. The summed E-state index contributed by atoms with van der Waals surface area (Å²) in [6.07, 6.45) is 2.35. The van der Waals surface area contributed by atoms with E-state index in [2.05, 4.69) is 27.8 Å². The molecule has 0 spiro atoms. The van der Waals surface area contributed by atoms with Gasteiger partial charge in [-0.1, -0.05) is 23.3 Å². The van der Waals surface area contributed by atoms with Crippen LogP contribution < -0.4 is 5.32 Å². The second-order valence-corrected chi connectivity index (χ2v) is 4.44. The number of anilines is 1. The van der Waals surface area contributed by atoms with Crippen LogP contribution in [0.3, 0.4) is 0 Å². The van der Waals surface area contributed by atoms with E-state index < -0.39 is 0 Å². The first-order valence-corrected chi connectivity index (χ1v) is 5.39. The molecule has 0 radical (unpaired) electrons. The molecule has 1 heterocycles. The first-order valence-electron chi connectivity index (χ1n) is 5.39. The Balaban J connectivity index is 1.93. The van der Waals surface area contributed by atoms with Crippen LogP contribution in [0.15, 0.2) is 30.3 Å². The minimum Gasteiger partial charge on any atom is -0.348 e. The summed E-state index contributed by atoms with van der Waals surface area (Å²) in [5.41, 5.74) is 1.15. The van der Waals surface area contributed by atoms with Crippen LogP contribution in [-0.2, 0) is 0 Å². The number of aromatic nitrogens is 4. The monoisotopic (exact) mass is 215 g/mol. The molecule has 1 aliphatic carbocycles. The predicted molar refractivity (Wildman–Crippen MR) is 60.4 cm³/mol. The van der Waals surface area contributed by atoms with Crippen LogP contribution in [0.25, 0.3) is 5.69 Å². The number of rotatable bonds is 3. The third-order valence-electron chi connectivity index (χ3n) is 2.88. The molecular formula is C11H13N5. The van der Waals surface area contributed by atoms with Crippen molar-refractivity contribution in [3.05, 3.63) is 30.3 Å². The average Bonchev–Trinajstić information content (AvgIpc) is 2.86. The zero-order chi connectivity index (χ0) is 11.0. The Hall–Kier alpha value is -1.91. The molecule has 5 heteroatoms. The van der Waals surface area contributed by atoms with Gasteiger partial charge in [0.15, 0.2) is 0 Å². The molecule has 1 aromatic carbocycles. The van der Waals surface area contributed by atoms with Crippen molar-refractivity contribution in [3.63, 3.8) is 0 Å². The lowest BCUT2D eigenvalue weighted by Crippen LogP contribution is -2.19. The molecule has 1 fully saturated rings. The first-order chi connectivity index (χ1) is 7.77. The summed E-state index contributed by atoms with van der Waals surface area (Å²) in [4.78, 5) is 0. The minimum absolute atomic E-state index is 0.182. The standard InChI is InChI=1S/C11H13N5/c1-11(7-8-11)12-10-13-14-15-16(10)9-5-3-2-4-6-9/h2-6H,7-8H2,1H3,(H,12,13,15). The van der Waals surface area contributed by atoms with Crippen LogP contribution in [0.1, 0.15) is 19.8 Å². The van der Waals surface area contributed by atoms with E-state index in [4.69, 9.17) is 0 Å². The lowest BCUT2D eigenvalue weighted by molar-refractivity contribution is 0.768. The highest BCUT2D eigenvalue weighted by Crippen LogP contribution is 2.37. The molecule has 0 amide bonds. The molecule has 0 atom stereocenters. The second kappa shape index (κ2) is 3.30. The molecule has 1 saturated carbocycles. The molecule has 3 rings (SSSR count). The van der Waals surface area contributed by atoms with Gasteiger partial charge in [-0.2, -0.15) is 4.68 Å². The van der Waals surface area contributed by atoms with Gasteiger partial charge in [0.2, 0.25) is 5.95 Å². The van der Waals surface area contributed by atoms with Crippen molar-refractivity contribution >= 4 is 5.95 Å². The number of hydrogen-bond acceptors (Lipinski definition) is 4. The molecule has 5 nitrogen and oxygen atoms in total. The Labute approximate surface area is 93.5 Å². The zero-order valence-corrected chi connectivity index (χ0v) is 9.09. The topological polar surface area (TPSA) is 55.6 Å². The van der Waals surface area contributed by atoms with Crippen molar-refractivity contribution in [1.82, 2.24) is 20.2 Å². The molecule has 1 N–H and O–H groups in total. The maximum absolute atomic E-state index is 4.01. The highest BCUT2D eigenvalue weighted by atomic mass is 15.6. The van der Waals surface area contributed by atoms with Gasteiger partial charge in [0.05, 0.1) is 5.69 Å². The lowest BCUT2D eigenvalue weighted by atomic mass is 10.3. The van der Waals surface area contributed by atoms with Crippen LogP contribution in [0.2, 0.25) is 0 Å². The normalized spacial score (nSPS) is 17.1. The van der Waals surface area contributed by atoms with E-state index in [0.717, 1.165) is 5.69 Å². The van der Waals surface area contributed by atoms with Crippen molar-refractivity contribution in [2.24, 2.45) is 0 Å². The van der Waals surface area contributed by atoms with E-state index in [-0.39, 0.29) is 5.54 Å². The Morgan fingerprint density at radius 1 is 1.25 bits per heavy atom. The van der Waals surface area contributed by atoms with Gasteiger partial charge in [-0.15, -0.1) is 0 Å². The van der Waals surface area contributed by atoms with E-state index in [1.54, 1.807) is 4.68 Å². The molecular weight excluding hydrogens is 202 g/mol. The maximum Gasteiger partial charge on any atom is 0.248 e. The molecule has 0 saturated heterocycles. The lowest BCUT2D eigenvalue weighted by Gasteiger charge is -2.11. The second-order valence-electron chi connectivity index (χ2n) is 4.44. The van der Waals surface area contributed by atoms with Crippen LogP contribution in [0, 0.1) is 0 Å². The van der Waals surface area contributed by atoms with Gasteiger partial charge in [0.1, 0.15) is 0 Å². The summed E-state index contributed by atoms with van der Waals surface area (Å²) >= 11 is 0. The molecule has 82 valence electrons. The summed E-state index contributed by atoms with van der Waals surface area (Å²) in [6, 6.07) is 9.88. The van der Waals surface area contributed by atoms with Crippen molar-refractivity contribution in [2.45, 2.75) is 25.3 Å². The van der Waals surface area contributed by atoms with Crippen molar-refractivity contribution in [2.75, 3.05) is 5.32 Å². The molecule has 0 bridgehead atoms. The number of nitrogens with zero attached hydrogens (tertiary/aromatic N) is 4. The Morgan fingerprint density at radius 3 is 2.69 bits per heavy atom. The molecule has 2 aromatic rings. The highest BCUT2D eigenvalue weighted by molar-refractivity contribution is 5.41. The molecule has 1 aliphatic rings. The van der Waals surface area contributed by atoms with Gasteiger partial charge in [-0.05, 0) is 42.3 Å². The van der Waals surface area contributed by atoms with Crippen molar-refractivity contribution < 1.29 is 0 Å². The van der Waals surface area contributed by atoms with E-state index in [1.165, 1.54) is 12.8 Å². The fraction of sp³-hybridized carbons (Fsp3) is 0.364. The fourth-order valence-electron chi connectivity index (χ4n) is 1.59. The van der Waals surface area contributed by atoms with Gasteiger partial charge in [-0.3, -0.25) is 0 Å². The maximum atomic E-state index is 4.01. The minimum atomic E-state index is 0.182. The van der Waals surface area contributed by atoms with Crippen LogP contribution in [0.5, 0.6) is 0 Å². The van der Waals surface area contributed by atoms with Gasteiger partial charge in [0, 0.05) is 5.54 Å². The van der Waals surface area contributed by atoms with Crippen LogP contribution in [0.4, 0.5) is 5.95 Å². The van der Waals surface area contributed by atoms with Crippen LogP contribution >= 0.6 is 0 Å². The number of para-hydroxylation sites is 1. The number of benzene rings is 1. The van der Waals surface area contributed by atoms with E-state index in [1.807, 2.05) is 30.3 Å². The summed E-state index contributed by atoms with van der Waals surface area (Å²) < 4.78 is 1.73. The van der Waals surface area contributed by atoms with Gasteiger partial charge in [-0.25, -0.2) is 0 Å².